The van der Waals surface area contributed by atoms with E-state index >= 15 is 0 Å². The molecule has 6 nitrogen and oxygen atoms in total. The predicted molar refractivity (Wildman–Crippen MR) is 73.0 cm³/mol. The lowest BCUT2D eigenvalue weighted by molar-refractivity contribution is 0.415. The van der Waals surface area contributed by atoms with Gasteiger partial charge in [0.25, 0.3) is 10.0 Å². The maximum atomic E-state index is 11.1. The Balaban J connectivity index is 1.79. The highest BCUT2D eigenvalue weighted by Gasteiger charge is 2.29. The van der Waals surface area contributed by atoms with Crippen LogP contribution in [0.4, 0.5) is 0 Å². The average molecular weight is 286 g/mol. The van der Waals surface area contributed by atoms with Crippen LogP contribution in [0.25, 0.3) is 0 Å². The van der Waals surface area contributed by atoms with Crippen LogP contribution in [-0.4, -0.2) is 30.3 Å². The minimum Gasteiger partial charge on any atom is -0.312 e. The molecule has 0 radical (unpaired) electrons. The fourth-order valence-electron chi connectivity index (χ4n) is 2.65. The first-order valence-corrected chi connectivity index (χ1v) is 8.12. The number of aromatic nitrogens is 2. The van der Waals surface area contributed by atoms with Gasteiger partial charge in [-0.1, -0.05) is 0 Å². The van der Waals surface area contributed by atoms with Crippen molar-refractivity contribution in [3.63, 3.8) is 0 Å². The van der Waals surface area contributed by atoms with Gasteiger partial charge in [0.2, 0.25) is 0 Å². The molecule has 2 heterocycles. The molecule has 2 rings (SSSR count). The highest BCUT2D eigenvalue weighted by molar-refractivity contribution is 7.89. The zero-order chi connectivity index (χ0) is 14.1. The van der Waals surface area contributed by atoms with Gasteiger partial charge in [0, 0.05) is 18.3 Å². The average Bonchev–Trinajstić information content (AvgIpc) is 2.85. The lowest BCUT2D eigenvalue weighted by atomic mass is 9.94. The molecule has 19 heavy (non-hydrogen) atoms. The number of rotatable bonds is 5. The molecule has 0 aliphatic carbocycles. The largest absolute Gasteiger partial charge is 0.312 e. The lowest BCUT2D eigenvalue weighted by Gasteiger charge is -2.17. The fraction of sp³-hybridized carbons (Fsp3) is 0.750. The number of aryl methyl sites for hydroxylation is 1. The van der Waals surface area contributed by atoms with Crippen LogP contribution >= 0.6 is 0 Å². The van der Waals surface area contributed by atoms with Crippen molar-refractivity contribution in [2.24, 2.45) is 11.1 Å². The molecule has 3 N–H and O–H groups in total. The first-order valence-electron chi connectivity index (χ1n) is 6.58. The van der Waals surface area contributed by atoms with Crippen LogP contribution in [0.1, 0.15) is 33.1 Å². The van der Waals surface area contributed by atoms with Crippen molar-refractivity contribution in [3.8, 4) is 0 Å². The van der Waals surface area contributed by atoms with Gasteiger partial charge in [0.1, 0.15) is 0 Å². The normalized spacial score (nSPS) is 22.8. The van der Waals surface area contributed by atoms with Crippen molar-refractivity contribution < 1.29 is 8.42 Å². The fourth-order valence-corrected chi connectivity index (χ4v) is 3.12. The van der Waals surface area contributed by atoms with Crippen LogP contribution in [0, 0.1) is 5.92 Å². The maximum Gasteiger partial charge on any atom is 0.257 e. The Bertz CT molecular complexity index is 536. The molecule has 0 amide bonds. The van der Waals surface area contributed by atoms with Crippen molar-refractivity contribution >= 4 is 10.0 Å². The Morgan fingerprint density at radius 1 is 1.58 bits per heavy atom. The van der Waals surface area contributed by atoms with Crippen LogP contribution in [0.2, 0.25) is 0 Å². The molecule has 1 aromatic heterocycles. The monoisotopic (exact) mass is 286 g/mol. The summed E-state index contributed by atoms with van der Waals surface area (Å²) in [5.74, 6) is 0.697. The second-order valence-corrected chi connectivity index (χ2v) is 7.45. The first kappa shape index (κ1) is 14.5. The number of primary sulfonamides is 1. The molecule has 1 aromatic rings. The van der Waals surface area contributed by atoms with Crippen molar-refractivity contribution in [2.45, 2.75) is 50.2 Å². The van der Waals surface area contributed by atoms with Gasteiger partial charge in [-0.3, -0.25) is 4.68 Å². The smallest absolute Gasteiger partial charge is 0.257 e. The quantitative estimate of drug-likeness (QED) is 0.833. The molecule has 0 bridgehead atoms. The van der Waals surface area contributed by atoms with Gasteiger partial charge in [-0.2, -0.15) is 5.10 Å². The number of hydrogen-bond acceptors (Lipinski definition) is 4. The predicted octanol–water partition coefficient (Wildman–Crippen LogP) is 0.699. The minimum absolute atomic E-state index is 0.0591. The van der Waals surface area contributed by atoms with Gasteiger partial charge in [0.15, 0.2) is 5.03 Å². The molecular formula is C12H22N4O2S. The van der Waals surface area contributed by atoms with E-state index in [4.69, 9.17) is 5.14 Å². The van der Waals surface area contributed by atoms with E-state index < -0.39 is 10.0 Å². The third kappa shape index (κ3) is 4.02. The zero-order valence-corrected chi connectivity index (χ0v) is 12.3. The Morgan fingerprint density at radius 3 is 2.84 bits per heavy atom. The summed E-state index contributed by atoms with van der Waals surface area (Å²) in [7, 11) is -3.68. The number of nitrogens with two attached hydrogens (primary N) is 1. The number of hydrogen-bond donors (Lipinski definition) is 2. The number of nitrogens with zero attached hydrogens (tertiary/aromatic N) is 2. The summed E-state index contributed by atoms with van der Waals surface area (Å²) in [5.41, 5.74) is 0.247. The van der Waals surface area contributed by atoms with Crippen LogP contribution in [0.5, 0.6) is 0 Å². The molecule has 7 heteroatoms. The summed E-state index contributed by atoms with van der Waals surface area (Å²) >= 11 is 0. The Morgan fingerprint density at radius 2 is 2.32 bits per heavy atom. The number of nitrogens with one attached hydrogen (secondary N) is 1. The van der Waals surface area contributed by atoms with E-state index in [1.54, 1.807) is 10.9 Å². The van der Waals surface area contributed by atoms with E-state index in [9.17, 15) is 8.42 Å². The SMILES string of the molecule is CC1(C)CC(CCCn2ccc(S(N)(=O)=O)n2)CN1. The molecule has 108 valence electrons. The summed E-state index contributed by atoms with van der Waals surface area (Å²) in [5, 5.41) is 12.4. The van der Waals surface area contributed by atoms with Crippen LogP contribution in [-0.2, 0) is 16.6 Å². The van der Waals surface area contributed by atoms with E-state index in [-0.39, 0.29) is 10.6 Å². The lowest BCUT2D eigenvalue weighted by Crippen LogP contribution is -2.31. The summed E-state index contributed by atoms with van der Waals surface area (Å²) < 4.78 is 23.8. The number of sulfonamides is 1. The van der Waals surface area contributed by atoms with E-state index in [0.717, 1.165) is 25.9 Å². The molecule has 0 spiro atoms. The highest BCUT2D eigenvalue weighted by atomic mass is 32.2. The maximum absolute atomic E-state index is 11.1. The molecule has 0 saturated carbocycles. The highest BCUT2D eigenvalue weighted by Crippen LogP contribution is 2.26. The molecule has 1 atom stereocenters. The van der Waals surface area contributed by atoms with Crippen LogP contribution in [0.15, 0.2) is 17.3 Å². The molecular weight excluding hydrogens is 264 g/mol. The third-order valence-electron chi connectivity index (χ3n) is 3.58. The topological polar surface area (TPSA) is 90.0 Å². The molecule has 0 aromatic carbocycles. The molecule has 1 aliphatic heterocycles. The van der Waals surface area contributed by atoms with Gasteiger partial charge in [-0.25, -0.2) is 13.6 Å². The summed E-state index contributed by atoms with van der Waals surface area (Å²) in [6.45, 7) is 6.23. The van der Waals surface area contributed by atoms with Crippen molar-refractivity contribution in [2.75, 3.05) is 6.54 Å². The van der Waals surface area contributed by atoms with Gasteiger partial charge < -0.3 is 5.32 Å². The molecule has 1 aliphatic rings. The zero-order valence-electron chi connectivity index (χ0n) is 11.5. The van der Waals surface area contributed by atoms with E-state index in [2.05, 4.69) is 24.3 Å². The summed E-state index contributed by atoms with van der Waals surface area (Å²) in [6, 6.07) is 1.44. The molecule has 1 fully saturated rings. The van der Waals surface area contributed by atoms with Crippen LogP contribution < -0.4 is 10.5 Å². The van der Waals surface area contributed by atoms with Crippen LogP contribution in [0.3, 0.4) is 0 Å². The Hall–Kier alpha value is -0.920. The second kappa shape index (κ2) is 5.22. The van der Waals surface area contributed by atoms with E-state index in [1.807, 2.05) is 0 Å². The van der Waals surface area contributed by atoms with Gasteiger partial charge in [0.05, 0.1) is 0 Å². The molecule has 1 saturated heterocycles. The van der Waals surface area contributed by atoms with Crippen molar-refractivity contribution in [3.05, 3.63) is 12.3 Å². The first-order chi connectivity index (χ1) is 8.76. The van der Waals surface area contributed by atoms with Crippen molar-refractivity contribution in [1.29, 1.82) is 0 Å². The summed E-state index contributed by atoms with van der Waals surface area (Å²) in [6.07, 6.45) is 4.97. The van der Waals surface area contributed by atoms with Crippen molar-refractivity contribution in [1.82, 2.24) is 15.1 Å². The second-order valence-electron chi connectivity index (χ2n) is 5.94. The van der Waals surface area contributed by atoms with E-state index in [1.165, 1.54) is 12.5 Å². The Labute approximate surface area is 114 Å². The summed E-state index contributed by atoms with van der Waals surface area (Å²) in [4.78, 5) is 0. The van der Waals surface area contributed by atoms with Gasteiger partial charge >= 0.3 is 0 Å². The van der Waals surface area contributed by atoms with Gasteiger partial charge in [-0.15, -0.1) is 0 Å². The Kier molecular flexibility index (Phi) is 3.98. The van der Waals surface area contributed by atoms with E-state index in [0.29, 0.717) is 5.92 Å². The minimum atomic E-state index is -3.68. The standard InChI is InChI=1S/C12H22N4O2S/c1-12(2)8-10(9-14-12)4-3-6-16-7-5-11(15-16)19(13,17)18/h5,7,10,14H,3-4,6,8-9H2,1-2H3,(H2,13,17,18). The van der Waals surface area contributed by atoms with Gasteiger partial charge in [-0.05, 0) is 51.6 Å². The molecule has 1 unspecified atom stereocenters. The third-order valence-corrected chi connectivity index (χ3v) is 4.38.